The predicted molar refractivity (Wildman–Crippen MR) is 62.3 cm³/mol. The average Bonchev–Trinajstić information content (AvgIpc) is 2.62. The van der Waals surface area contributed by atoms with Crippen molar-refractivity contribution >= 4 is 23.7 Å². The molecule has 2 rings (SSSR count). The van der Waals surface area contributed by atoms with E-state index in [4.69, 9.17) is 5.73 Å². The summed E-state index contributed by atoms with van der Waals surface area (Å²) in [5.41, 5.74) is 4.84. The third-order valence-corrected chi connectivity index (χ3v) is 3.60. The molecule has 3 amide bonds. The minimum Gasteiger partial charge on any atom is -0.454 e. The van der Waals surface area contributed by atoms with E-state index in [0.29, 0.717) is 12.8 Å². The van der Waals surface area contributed by atoms with E-state index in [9.17, 15) is 19.2 Å². The van der Waals surface area contributed by atoms with Crippen molar-refractivity contribution in [3.8, 4) is 0 Å². The molecule has 2 fully saturated rings. The van der Waals surface area contributed by atoms with Gasteiger partial charge in [-0.1, -0.05) is 12.8 Å². The molecule has 0 aromatic heterocycles. The molecule has 0 bridgehead atoms. The molecule has 1 saturated heterocycles. The number of ether oxygens (including phenoxy) is 1. The van der Waals surface area contributed by atoms with Gasteiger partial charge < -0.3 is 10.5 Å². The Balaban J connectivity index is 1.96. The first-order valence-corrected chi connectivity index (χ1v) is 6.30. The van der Waals surface area contributed by atoms with Crippen molar-refractivity contribution in [1.82, 2.24) is 4.90 Å². The average molecular weight is 268 g/mol. The van der Waals surface area contributed by atoms with E-state index in [1.807, 2.05) is 0 Å². The van der Waals surface area contributed by atoms with Crippen molar-refractivity contribution < 1.29 is 23.9 Å². The summed E-state index contributed by atoms with van der Waals surface area (Å²) >= 11 is 0. The van der Waals surface area contributed by atoms with Gasteiger partial charge in [-0.15, -0.1) is 0 Å². The highest BCUT2D eigenvalue weighted by Gasteiger charge is 2.48. The summed E-state index contributed by atoms with van der Waals surface area (Å²) in [7, 11) is 0. The van der Waals surface area contributed by atoms with Crippen LogP contribution >= 0.6 is 0 Å². The van der Waals surface area contributed by atoms with Crippen LogP contribution in [-0.2, 0) is 23.9 Å². The number of rotatable bonds is 4. The highest BCUT2D eigenvalue weighted by molar-refractivity contribution is 6.07. The van der Waals surface area contributed by atoms with E-state index in [0.717, 1.165) is 17.7 Å². The molecule has 0 unspecified atom stereocenters. The summed E-state index contributed by atoms with van der Waals surface area (Å²) in [6.45, 7) is -0.972. The topological polar surface area (TPSA) is 107 Å². The molecule has 0 aromatic carbocycles. The van der Waals surface area contributed by atoms with Crippen LogP contribution in [0.5, 0.6) is 0 Å². The highest BCUT2D eigenvalue weighted by atomic mass is 16.5. The first kappa shape index (κ1) is 13.5. The number of hydrogen-bond acceptors (Lipinski definition) is 5. The Labute approximate surface area is 110 Å². The number of imide groups is 1. The SMILES string of the molecule is NC(=O)COC(=O)CN1C(=O)[C@@H]2CCCC[C@H]2C1=O. The van der Waals surface area contributed by atoms with E-state index < -0.39 is 25.0 Å². The van der Waals surface area contributed by atoms with Gasteiger partial charge in [0.1, 0.15) is 6.54 Å². The number of amides is 3. The number of likely N-dealkylation sites (tertiary alicyclic amines) is 1. The number of fused-ring (bicyclic) bond motifs is 1. The van der Waals surface area contributed by atoms with Crippen molar-refractivity contribution in [3.05, 3.63) is 0 Å². The molecule has 1 saturated carbocycles. The van der Waals surface area contributed by atoms with Gasteiger partial charge in [-0.2, -0.15) is 0 Å². The monoisotopic (exact) mass is 268 g/mol. The van der Waals surface area contributed by atoms with E-state index in [2.05, 4.69) is 4.74 Å². The lowest BCUT2D eigenvalue weighted by molar-refractivity contribution is -0.154. The van der Waals surface area contributed by atoms with Crippen LogP contribution in [0.2, 0.25) is 0 Å². The van der Waals surface area contributed by atoms with Crippen LogP contribution in [0.15, 0.2) is 0 Å². The molecule has 7 heteroatoms. The minimum absolute atomic E-state index is 0.287. The van der Waals surface area contributed by atoms with E-state index in [1.54, 1.807) is 0 Å². The van der Waals surface area contributed by atoms with Gasteiger partial charge in [0, 0.05) is 0 Å². The zero-order chi connectivity index (χ0) is 14.0. The lowest BCUT2D eigenvalue weighted by Gasteiger charge is -2.19. The van der Waals surface area contributed by atoms with Crippen LogP contribution < -0.4 is 5.73 Å². The number of esters is 1. The van der Waals surface area contributed by atoms with Crippen molar-refractivity contribution in [2.45, 2.75) is 25.7 Å². The van der Waals surface area contributed by atoms with Gasteiger partial charge in [0.25, 0.3) is 5.91 Å². The summed E-state index contributed by atoms with van der Waals surface area (Å²) < 4.78 is 4.56. The van der Waals surface area contributed by atoms with Crippen LogP contribution in [0.4, 0.5) is 0 Å². The molecular formula is C12H16N2O5. The Hall–Kier alpha value is -1.92. The van der Waals surface area contributed by atoms with Crippen LogP contribution in [0.25, 0.3) is 0 Å². The molecule has 104 valence electrons. The molecule has 19 heavy (non-hydrogen) atoms. The maximum Gasteiger partial charge on any atom is 0.326 e. The molecule has 2 N–H and O–H groups in total. The number of primary amides is 1. The van der Waals surface area contributed by atoms with Crippen molar-refractivity contribution in [1.29, 1.82) is 0 Å². The Kier molecular flexibility index (Phi) is 3.82. The van der Waals surface area contributed by atoms with Gasteiger partial charge in [-0.3, -0.25) is 24.1 Å². The molecule has 1 aliphatic carbocycles. The molecule has 7 nitrogen and oxygen atoms in total. The largest absolute Gasteiger partial charge is 0.454 e. The van der Waals surface area contributed by atoms with Crippen LogP contribution in [0, 0.1) is 11.8 Å². The third kappa shape index (κ3) is 2.74. The molecule has 2 aliphatic rings. The van der Waals surface area contributed by atoms with Gasteiger partial charge in [-0.25, -0.2) is 0 Å². The predicted octanol–water partition coefficient (Wildman–Crippen LogP) is -0.810. The summed E-state index contributed by atoms with van der Waals surface area (Å²) in [5.74, 6) is -2.74. The number of carbonyl (C=O) groups excluding carboxylic acids is 4. The van der Waals surface area contributed by atoms with Gasteiger partial charge >= 0.3 is 5.97 Å². The third-order valence-electron chi connectivity index (χ3n) is 3.60. The van der Waals surface area contributed by atoms with E-state index >= 15 is 0 Å². The lowest BCUT2D eigenvalue weighted by atomic mass is 9.81. The summed E-state index contributed by atoms with van der Waals surface area (Å²) in [5, 5.41) is 0. The molecule has 1 heterocycles. The van der Waals surface area contributed by atoms with Gasteiger partial charge in [0.05, 0.1) is 11.8 Å². The molecule has 2 atom stereocenters. The maximum atomic E-state index is 12.0. The van der Waals surface area contributed by atoms with Gasteiger partial charge in [0.2, 0.25) is 11.8 Å². The second-order valence-electron chi connectivity index (χ2n) is 4.89. The second kappa shape index (κ2) is 5.38. The Morgan fingerprint density at radius 2 is 1.68 bits per heavy atom. The standard InChI is InChI=1S/C12H16N2O5/c13-9(15)6-19-10(16)5-14-11(17)7-3-1-2-4-8(7)12(14)18/h7-8H,1-6H2,(H2,13,15)/t7-,8-/m1/s1. The molecule has 0 spiro atoms. The van der Waals surface area contributed by atoms with E-state index in [-0.39, 0.29) is 23.7 Å². The molecule has 1 aliphatic heterocycles. The van der Waals surface area contributed by atoms with Crippen LogP contribution in [0.3, 0.4) is 0 Å². The summed E-state index contributed by atoms with van der Waals surface area (Å²) in [6, 6.07) is 0. The first-order valence-electron chi connectivity index (χ1n) is 6.30. The Morgan fingerprint density at radius 1 is 1.16 bits per heavy atom. The first-order chi connectivity index (χ1) is 9.00. The van der Waals surface area contributed by atoms with Crippen molar-refractivity contribution in [2.24, 2.45) is 17.6 Å². The highest BCUT2D eigenvalue weighted by Crippen LogP contribution is 2.37. The summed E-state index contributed by atoms with van der Waals surface area (Å²) in [4.78, 5) is 46.9. The van der Waals surface area contributed by atoms with Crippen molar-refractivity contribution in [2.75, 3.05) is 13.2 Å². The van der Waals surface area contributed by atoms with Gasteiger partial charge in [0.15, 0.2) is 6.61 Å². The number of nitrogens with two attached hydrogens (primary N) is 1. The fraction of sp³-hybridized carbons (Fsp3) is 0.667. The molecule has 0 radical (unpaired) electrons. The van der Waals surface area contributed by atoms with Crippen LogP contribution in [0.1, 0.15) is 25.7 Å². The smallest absolute Gasteiger partial charge is 0.326 e. The molecular weight excluding hydrogens is 252 g/mol. The Bertz CT molecular complexity index is 410. The number of carbonyl (C=O) groups is 4. The minimum atomic E-state index is -0.792. The fourth-order valence-electron chi connectivity index (χ4n) is 2.71. The lowest BCUT2D eigenvalue weighted by Crippen LogP contribution is -2.37. The zero-order valence-corrected chi connectivity index (χ0v) is 10.5. The number of hydrogen-bond donors (Lipinski definition) is 1. The fourth-order valence-corrected chi connectivity index (χ4v) is 2.71. The Morgan fingerprint density at radius 3 is 2.16 bits per heavy atom. The van der Waals surface area contributed by atoms with E-state index in [1.165, 1.54) is 0 Å². The maximum absolute atomic E-state index is 12.0. The van der Waals surface area contributed by atoms with Crippen LogP contribution in [-0.4, -0.2) is 41.7 Å². The number of nitrogens with zero attached hydrogens (tertiary/aromatic N) is 1. The molecule has 0 aromatic rings. The van der Waals surface area contributed by atoms with Crippen molar-refractivity contribution in [3.63, 3.8) is 0 Å². The normalized spacial score (nSPS) is 26.2. The van der Waals surface area contributed by atoms with Gasteiger partial charge in [-0.05, 0) is 12.8 Å². The quantitative estimate of drug-likeness (QED) is 0.530. The summed E-state index contributed by atoms with van der Waals surface area (Å²) in [6.07, 6.45) is 3.25. The second-order valence-corrected chi connectivity index (χ2v) is 4.89. The zero-order valence-electron chi connectivity index (χ0n) is 10.5.